The summed E-state index contributed by atoms with van der Waals surface area (Å²) in [6.07, 6.45) is 6.24. The number of nitrogens with one attached hydrogen (secondary N) is 1. The largest absolute Gasteiger partial charge is 0.481 e. The van der Waals surface area contributed by atoms with Gasteiger partial charge < -0.3 is 10.4 Å². The summed E-state index contributed by atoms with van der Waals surface area (Å²) in [5, 5.41) is 12.0. The molecule has 4 atom stereocenters. The highest BCUT2D eigenvalue weighted by Gasteiger charge is 2.40. The van der Waals surface area contributed by atoms with Gasteiger partial charge in [0.15, 0.2) is 0 Å². The van der Waals surface area contributed by atoms with Crippen LogP contribution in [0.15, 0.2) is 0 Å². The number of hydrogen-bond donors (Lipinski definition) is 2. The fourth-order valence-electron chi connectivity index (χ4n) is 3.58. The molecule has 2 aliphatic carbocycles. The molecule has 0 saturated heterocycles. The van der Waals surface area contributed by atoms with Gasteiger partial charge in [-0.05, 0) is 50.4 Å². The summed E-state index contributed by atoms with van der Waals surface area (Å²) < 4.78 is 0. The topological polar surface area (TPSA) is 66.4 Å². The van der Waals surface area contributed by atoms with Crippen molar-refractivity contribution in [3.63, 3.8) is 0 Å². The van der Waals surface area contributed by atoms with Gasteiger partial charge >= 0.3 is 5.97 Å². The van der Waals surface area contributed by atoms with Gasteiger partial charge in [0, 0.05) is 13.0 Å². The highest BCUT2D eigenvalue weighted by atomic mass is 16.4. The van der Waals surface area contributed by atoms with Gasteiger partial charge in [0.05, 0.1) is 5.41 Å². The standard InChI is InChI=1S/C15H25NO3/c1-3-15(2,14(18)19)9-16-13(17)8-12-7-10-4-5-11(12)6-10/h10-12H,3-9H2,1-2H3,(H,16,17)(H,18,19). The van der Waals surface area contributed by atoms with Gasteiger partial charge in [0.2, 0.25) is 5.91 Å². The Bertz CT molecular complexity index is 368. The molecule has 2 bridgehead atoms. The molecule has 4 heteroatoms. The van der Waals surface area contributed by atoms with E-state index in [4.69, 9.17) is 5.11 Å². The third-order valence-electron chi connectivity index (χ3n) is 5.30. The average molecular weight is 267 g/mol. The lowest BCUT2D eigenvalue weighted by molar-refractivity contribution is -0.148. The maximum atomic E-state index is 12.0. The summed E-state index contributed by atoms with van der Waals surface area (Å²) in [4.78, 5) is 23.1. The van der Waals surface area contributed by atoms with E-state index >= 15 is 0 Å². The Labute approximate surface area is 115 Å². The third kappa shape index (κ3) is 3.10. The Balaban J connectivity index is 1.77. The molecular weight excluding hydrogens is 242 g/mol. The van der Waals surface area contributed by atoms with Crippen LogP contribution in [0.2, 0.25) is 0 Å². The van der Waals surface area contributed by atoms with E-state index in [9.17, 15) is 9.59 Å². The van der Waals surface area contributed by atoms with Crippen molar-refractivity contribution in [1.82, 2.24) is 5.32 Å². The molecule has 4 nitrogen and oxygen atoms in total. The second-order valence-corrected chi connectivity index (χ2v) is 6.64. The highest BCUT2D eigenvalue weighted by molar-refractivity contribution is 5.79. The van der Waals surface area contributed by atoms with Crippen molar-refractivity contribution in [3.05, 3.63) is 0 Å². The number of carbonyl (C=O) groups is 2. The smallest absolute Gasteiger partial charge is 0.311 e. The summed E-state index contributed by atoms with van der Waals surface area (Å²) in [6, 6.07) is 0. The first kappa shape index (κ1) is 14.4. The molecule has 19 heavy (non-hydrogen) atoms. The predicted octanol–water partition coefficient (Wildman–Crippen LogP) is 2.43. The van der Waals surface area contributed by atoms with Crippen LogP contribution in [-0.2, 0) is 9.59 Å². The summed E-state index contributed by atoms with van der Waals surface area (Å²) in [5.41, 5.74) is -0.843. The molecule has 0 aromatic heterocycles. The second-order valence-electron chi connectivity index (χ2n) is 6.64. The monoisotopic (exact) mass is 267 g/mol. The van der Waals surface area contributed by atoms with Crippen LogP contribution in [0.25, 0.3) is 0 Å². The molecule has 2 N–H and O–H groups in total. The molecule has 108 valence electrons. The molecule has 0 radical (unpaired) electrons. The normalized spacial score (nSPS) is 32.0. The van der Waals surface area contributed by atoms with E-state index in [0.717, 1.165) is 11.8 Å². The molecule has 0 heterocycles. The van der Waals surface area contributed by atoms with E-state index in [1.165, 1.54) is 25.7 Å². The number of carboxylic acid groups (broad SMARTS) is 1. The van der Waals surface area contributed by atoms with Crippen molar-refractivity contribution in [3.8, 4) is 0 Å². The maximum Gasteiger partial charge on any atom is 0.311 e. The lowest BCUT2D eigenvalue weighted by Crippen LogP contribution is -2.41. The summed E-state index contributed by atoms with van der Waals surface area (Å²) >= 11 is 0. The third-order valence-corrected chi connectivity index (χ3v) is 5.30. The number of carboxylic acids is 1. The number of aliphatic carboxylic acids is 1. The van der Waals surface area contributed by atoms with Crippen molar-refractivity contribution < 1.29 is 14.7 Å². The van der Waals surface area contributed by atoms with Gasteiger partial charge in [-0.25, -0.2) is 0 Å². The number of hydrogen-bond acceptors (Lipinski definition) is 2. The van der Waals surface area contributed by atoms with Crippen LogP contribution < -0.4 is 5.32 Å². The molecule has 2 aliphatic rings. The van der Waals surface area contributed by atoms with Crippen molar-refractivity contribution >= 4 is 11.9 Å². The van der Waals surface area contributed by atoms with E-state index in [-0.39, 0.29) is 12.5 Å². The molecule has 2 fully saturated rings. The highest BCUT2D eigenvalue weighted by Crippen LogP contribution is 2.49. The molecule has 4 unspecified atom stereocenters. The Morgan fingerprint density at radius 2 is 2.05 bits per heavy atom. The van der Waals surface area contributed by atoms with Gasteiger partial charge in [-0.3, -0.25) is 9.59 Å². The summed E-state index contributed by atoms with van der Waals surface area (Å²) in [5.74, 6) is 1.32. The quantitative estimate of drug-likeness (QED) is 0.776. The molecule has 1 amide bonds. The fourth-order valence-corrected chi connectivity index (χ4v) is 3.58. The van der Waals surface area contributed by atoms with E-state index in [2.05, 4.69) is 5.32 Å². The zero-order valence-corrected chi connectivity index (χ0v) is 11.9. The number of carbonyl (C=O) groups excluding carboxylic acids is 1. The number of fused-ring (bicyclic) bond motifs is 2. The molecular formula is C15H25NO3. The van der Waals surface area contributed by atoms with Crippen LogP contribution in [-0.4, -0.2) is 23.5 Å². The Kier molecular flexibility index (Phi) is 4.16. The van der Waals surface area contributed by atoms with E-state index in [0.29, 0.717) is 18.8 Å². The molecule has 0 aliphatic heterocycles. The fraction of sp³-hybridized carbons (Fsp3) is 0.867. The van der Waals surface area contributed by atoms with Crippen molar-refractivity contribution in [1.29, 1.82) is 0 Å². The lowest BCUT2D eigenvalue weighted by Gasteiger charge is -2.25. The van der Waals surface area contributed by atoms with Crippen LogP contribution in [0.5, 0.6) is 0 Å². The van der Waals surface area contributed by atoms with Crippen LogP contribution in [0.1, 0.15) is 52.4 Å². The van der Waals surface area contributed by atoms with Crippen molar-refractivity contribution in [2.24, 2.45) is 23.2 Å². The number of amides is 1. The molecule has 0 aromatic rings. The average Bonchev–Trinajstić information content (AvgIpc) is 2.97. The zero-order valence-electron chi connectivity index (χ0n) is 11.9. The SMILES string of the molecule is CCC(C)(CNC(=O)CC1CC2CCC1C2)C(=O)O. The van der Waals surface area contributed by atoms with Crippen molar-refractivity contribution in [2.75, 3.05) is 6.54 Å². The van der Waals surface area contributed by atoms with Crippen LogP contribution in [0.4, 0.5) is 0 Å². The Morgan fingerprint density at radius 1 is 1.32 bits per heavy atom. The molecule has 2 saturated carbocycles. The lowest BCUT2D eigenvalue weighted by atomic mass is 9.85. The number of rotatable bonds is 6. The molecule has 0 aromatic carbocycles. The van der Waals surface area contributed by atoms with Gasteiger partial charge in [0.25, 0.3) is 0 Å². The van der Waals surface area contributed by atoms with Gasteiger partial charge in [0.1, 0.15) is 0 Å². The van der Waals surface area contributed by atoms with Crippen LogP contribution >= 0.6 is 0 Å². The van der Waals surface area contributed by atoms with Crippen molar-refractivity contribution in [2.45, 2.75) is 52.4 Å². The molecule has 0 spiro atoms. The van der Waals surface area contributed by atoms with Gasteiger partial charge in [-0.1, -0.05) is 13.3 Å². The second kappa shape index (κ2) is 5.51. The van der Waals surface area contributed by atoms with Crippen LogP contribution in [0, 0.1) is 23.2 Å². The minimum absolute atomic E-state index is 0.0264. The Hall–Kier alpha value is -1.06. The minimum Gasteiger partial charge on any atom is -0.481 e. The first-order valence-electron chi connectivity index (χ1n) is 7.44. The zero-order chi connectivity index (χ0) is 14.0. The summed E-state index contributed by atoms with van der Waals surface area (Å²) in [6.45, 7) is 3.77. The van der Waals surface area contributed by atoms with E-state index < -0.39 is 11.4 Å². The summed E-state index contributed by atoms with van der Waals surface area (Å²) in [7, 11) is 0. The van der Waals surface area contributed by atoms with Gasteiger partial charge in [-0.15, -0.1) is 0 Å². The first-order valence-corrected chi connectivity index (χ1v) is 7.44. The first-order chi connectivity index (χ1) is 8.94. The Morgan fingerprint density at radius 3 is 2.53 bits per heavy atom. The maximum absolute atomic E-state index is 12.0. The van der Waals surface area contributed by atoms with E-state index in [1.54, 1.807) is 6.92 Å². The van der Waals surface area contributed by atoms with E-state index in [1.807, 2.05) is 6.92 Å². The minimum atomic E-state index is -0.843. The van der Waals surface area contributed by atoms with Gasteiger partial charge in [-0.2, -0.15) is 0 Å². The van der Waals surface area contributed by atoms with Crippen LogP contribution in [0.3, 0.4) is 0 Å². The molecule has 2 rings (SSSR count). The predicted molar refractivity (Wildman–Crippen MR) is 72.6 cm³/mol.